The third-order valence-electron chi connectivity index (χ3n) is 14.8. The van der Waals surface area contributed by atoms with Crippen LogP contribution in [0.1, 0.15) is 124 Å². The van der Waals surface area contributed by atoms with Crippen molar-refractivity contribution < 1.29 is 34.2 Å². The van der Waals surface area contributed by atoms with Crippen molar-refractivity contribution in [3.05, 3.63) is 11.6 Å². The molecule has 0 aromatic rings. The second kappa shape index (κ2) is 12.8. The topological polar surface area (TPSA) is 125 Å². The number of carbonyl (C=O) groups excluding carboxylic acids is 2. The summed E-state index contributed by atoms with van der Waals surface area (Å²) in [5, 5.41) is 12.3. The van der Waals surface area contributed by atoms with Crippen LogP contribution >= 0.6 is 0 Å². The summed E-state index contributed by atoms with van der Waals surface area (Å²) in [4.78, 5) is 27.3. The first-order chi connectivity index (χ1) is 22.1. The van der Waals surface area contributed by atoms with E-state index in [0.717, 1.165) is 77.2 Å². The molecule has 7 aliphatic rings. The minimum atomic E-state index is -0.728. The summed E-state index contributed by atoms with van der Waals surface area (Å²) >= 11 is 0. The van der Waals surface area contributed by atoms with Gasteiger partial charge in [0.25, 0.3) is 0 Å². The number of ether oxygens (including phenoxy) is 3. The molecule has 12 unspecified atom stereocenters. The number of hydrogen-bond acceptors (Lipinski definition) is 7. The van der Waals surface area contributed by atoms with E-state index in [1.165, 1.54) is 25.7 Å². The van der Waals surface area contributed by atoms with Gasteiger partial charge in [0.15, 0.2) is 0 Å². The lowest BCUT2D eigenvalue weighted by atomic mass is 9.49. The van der Waals surface area contributed by atoms with Crippen LogP contribution in [0.15, 0.2) is 11.6 Å². The highest BCUT2D eigenvalue weighted by Crippen LogP contribution is 2.65. The molecule has 0 aromatic carbocycles. The fraction of sp³-hybridized carbons (Fsp3) is 0.895. The van der Waals surface area contributed by atoms with Gasteiger partial charge < -0.3 is 24.6 Å². The largest absolute Gasteiger partial charge is 0.462 e. The number of hydrogen-bond donors (Lipinski definition) is 3. The Labute approximate surface area is 276 Å². The minimum Gasteiger partial charge on any atom is -0.462 e. The molecule has 3 aliphatic heterocycles. The standard InChI is InChI=1S/C38H60N2O6/c1-4-23(2)34(42)46-36(3)20-24-9-5-6-10-28(24)33(25-11-12-32(39)40-22-25)38(36)21-27-17-26-18-29(37(15-16-41)13-7-8-14-37)35(43)44-30(26)19-31(27)45-38/h4,24-33,40-41H,5-22,39H2,1-3H3/p+1. The summed E-state index contributed by atoms with van der Waals surface area (Å²) in [6.45, 7) is 7.12. The van der Waals surface area contributed by atoms with E-state index >= 15 is 0 Å². The zero-order valence-electron chi connectivity index (χ0n) is 28.7. The summed E-state index contributed by atoms with van der Waals surface area (Å²) in [7, 11) is 0. The Morgan fingerprint density at radius 1 is 1.00 bits per heavy atom. The van der Waals surface area contributed by atoms with E-state index in [0.29, 0.717) is 47.5 Å². The summed E-state index contributed by atoms with van der Waals surface area (Å²) in [6, 6.07) is 0. The highest BCUT2D eigenvalue weighted by Gasteiger charge is 2.70. The van der Waals surface area contributed by atoms with Crippen molar-refractivity contribution in [1.29, 1.82) is 0 Å². The maximum absolute atomic E-state index is 13.6. The number of allylic oxidation sites excluding steroid dienone is 1. The molecule has 0 aromatic heterocycles. The molecule has 1 spiro atoms. The van der Waals surface area contributed by atoms with E-state index in [4.69, 9.17) is 19.9 Å². The number of quaternary nitrogens is 1. The van der Waals surface area contributed by atoms with Gasteiger partial charge in [0.1, 0.15) is 23.5 Å². The highest BCUT2D eigenvalue weighted by molar-refractivity contribution is 5.88. The quantitative estimate of drug-likeness (QED) is 0.282. The molecule has 46 heavy (non-hydrogen) atoms. The van der Waals surface area contributed by atoms with Crippen molar-refractivity contribution in [2.24, 2.45) is 52.6 Å². The van der Waals surface area contributed by atoms with Crippen LogP contribution in [0.25, 0.3) is 0 Å². The van der Waals surface area contributed by atoms with Crippen molar-refractivity contribution in [3.8, 4) is 0 Å². The molecule has 0 radical (unpaired) electrons. The number of aliphatic hydroxyl groups is 1. The minimum absolute atomic E-state index is 0.00166. The highest BCUT2D eigenvalue weighted by atomic mass is 16.6. The van der Waals surface area contributed by atoms with Gasteiger partial charge in [-0.1, -0.05) is 38.2 Å². The molecule has 7 fully saturated rings. The smallest absolute Gasteiger partial charge is 0.334 e. The molecule has 258 valence electrons. The van der Waals surface area contributed by atoms with Crippen LogP contribution in [0.4, 0.5) is 0 Å². The molecule has 3 heterocycles. The third kappa shape index (κ3) is 5.49. The van der Waals surface area contributed by atoms with Crippen LogP contribution in [-0.2, 0) is 23.8 Å². The molecule has 3 saturated heterocycles. The molecule has 0 bridgehead atoms. The zero-order chi connectivity index (χ0) is 32.3. The molecule has 8 nitrogen and oxygen atoms in total. The molecular weight excluding hydrogens is 580 g/mol. The van der Waals surface area contributed by atoms with Gasteiger partial charge in [0.05, 0.1) is 18.6 Å². The molecule has 8 heteroatoms. The van der Waals surface area contributed by atoms with Gasteiger partial charge >= 0.3 is 11.9 Å². The van der Waals surface area contributed by atoms with Gasteiger partial charge in [-0.25, -0.2) is 4.79 Å². The first kappa shape index (κ1) is 33.0. The van der Waals surface area contributed by atoms with E-state index < -0.39 is 11.2 Å². The van der Waals surface area contributed by atoms with Crippen LogP contribution < -0.4 is 11.1 Å². The zero-order valence-corrected chi connectivity index (χ0v) is 28.7. The number of esters is 2. The first-order valence-corrected chi connectivity index (χ1v) is 19.1. The summed E-state index contributed by atoms with van der Waals surface area (Å²) in [5.41, 5.74) is 5.66. The number of nitrogens with two attached hydrogens (primary N) is 2. The predicted molar refractivity (Wildman–Crippen MR) is 174 cm³/mol. The van der Waals surface area contributed by atoms with E-state index in [1.807, 2.05) is 19.9 Å². The molecule has 4 aliphatic carbocycles. The van der Waals surface area contributed by atoms with Gasteiger partial charge in [-0.2, -0.15) is 0 Å². The van der Waals surface area contributed by atoms with Crippen molar-refractivity contribution in [1.82, 2.24) is 0 Å². The SMILES string of the molecule is CC=C(C)C(=O)OC1(C)CC2CCCCC2C(C2CCC(N)[NH2+]C2)C12CC1CC3CC(C4(CCO)CCCC4)C(=O)OC3CC1O2. The second-order valence-corrected chi connectivity index (χ2v) is 17.1. The number of fused-ring (bicyclic) bond motifs is 3. The fourth-order valence-corrected chi connectivity index (χ4v) is 12.4. The van der Waals surface area contributed by atoms with Crippen molar-refractivity contribution in [3.63, 3.8) is 0 Å². The Balaban J connectivity index is 1.22. The second-order valence-electron chi connectivity index (χ2n) is 17.1. The Kier molecular flexibility index (Phi) is 9.17. The van der Waals surface area contributed by atoms with Gasteiger partial charge in [0.2, 0.25) is 0 Å². The first-order valence-electron chi connectivity index (χ1n) is 19.1. The molecule has 5 N–H and O–H groups in total. The average molecular weight is 642 g/mol. The lowest BCUT2D eigenvalue weighted by molar-refractivity contribution is -0.704. The number of rotatable bonds is 6. The molecule has 0 amide bonds. The van der Waals surface area contributed by atoms with Crippen LogP contribution in [0.5, 0.6) is 0 Å². The van der Waals surface area contributed by atoms with Gasteiger partial charge in [-0.15, -0.1) is 0 Å². The molecular formula is C38H61N2O6+. The number of carbonyl (C=O) groups is 2. The van der Waals surface area contributed by atoms with Gasteiger partial charge in [-0.3, -0.25) is 10.5 Å². The Bertz CT molecular complexity index is 1180. The Hall–Kier alpha value is -1.48. The van der Waals surface area contributed by atoms with Crippen molar-refractivity contribution in [2.75, 3.05) is 13.2 Å². The predicted octanol–water partition coefficient (Wildman–Crippen LogP) is 4.77. The van der Waals surface area contributed by atoms with Crippen molar-refractivity contribution in [2.45, 2.75) is 153 Å². The summed E-state index contributed by atoms with van der Waals surface area (Å²) in [5.74, 6) is 2.19. The third-order valence-corrected chi connectivity index (χ3v) is 14.8. The van der Waals surface area contributed by atoms with E-state index in [1.54, 1.807) is 0 Å². The number of aliphatic hydroxyl groups excluding tert-OH is 1. The van der Waals surface area contributed by atoms with Crippen LogP contribution in [0.3, 0.4) is 0 Å². The Morgan fingerprint density at radius 2 is 1.78 bits per heavy atom. The van der Waals surface area contributed by atoms with E-state index in [-0.39, 0.29) is 48.3 Å². The Morgan fingerprint density at radius 3 is 2.50 bits per heavy atom. The fourth-order valence-electron chi connectivity index (χ4n) is 12.4. The molecule has 7 rings (SSSR count). The normalized spacial score (nSPS) is 47.1. The average Bonchev–Trinajstić information content (AvgIpc) is 3.66. The van der Waals surface area contributed by atoms with Crippen LogP contribution in [0.2, 0.25) is 0 Å². The lowest BCUT2D eigenvalue weighted by Gasteiger charge is -2.61. The summed E-state index contributed by atoms with van der Waals surface area (Å²) < 4.78 is 20.7. The lowest BCUT2D eigenvalue weighted by Crippen LogP contribution is -2.96. The monoisotopic (exact) mass is 641 g/mol. The molecule has 4 saturated carbocycles. The van der Waals surface area contributed by atoms with E-state index in [9.17, 15) is 14.7 Å². The van der Waals surface area contributed by atoms with Crippen LogP contribution in [0, 0.1) is 46.8 Å². The summed E-state index contributed by atoms with van der Waals surface area (Å²) in [6.07, 6.45) is 18.3. The van der Waals surface area contributed by atoms with Crippen molar-refractivity contribution >= 4 is 11.9 Å². The van der Waals surface area contributed by atoms with Gasteiger partial charge in [0, 0.05) is 36.9 Å². The van der Waals surface area contributed by atoms with Gasteiger partial charge in [-0.05, 0) is 108 Å². The van der Waals surface area contributed by atoms with E-state index in [2.05, 4.69) is 12.2 Å². The maximum Gasteiger partial charge on any atom is 0.334 e. The number of piperidine rings is 1. The van der Waals surface area contributed by atoms with Crippen LogP contribution in [-0.4, -0.2) is 59.8 Å². The maximum atomic E-state index is 13.6. The molecule has 12 atom stereocenters.